The topological polar surface area (TPSA) is 32.3 Å². The molecule has 1 aliphatic rings. The quantitative estimate of drug-likeness (QED) is 0.923. The Morgan fingerprint density at radius 3 is 2.74 bits per heavy atom. The fraction of sp³-hybridized carbons (Fsp3) is 0.533. The molecule has 1 aromatic carbocycles. The molecule has 0 radical (unpaired) electrons. The number of benzene rings is 1. The fourth-order valence-electron chi connectivity index (χ4n) is 2.67. The first kappa shape index (κ1) is 14.4. The minimum absolute atomic E-state index is 0.00556. The van der Waals surface area contributed by atoms with E-state index in [4.69, 9.17) is 11.6 Å². The van der Waals surface area contributed by atoms with Crippen LogP contribution in [-0.4, -0.2) is 30.4 Å². The summed E-state index contributed by atoms with van der Waals surface area (Å²) in [7, 11) is 1.86. The molecule has 0 aromatic heterocycles. The number of carbonyl (C=O) groups is 1. The Morgan fingerprint density at radius 2 is 2.16 bits per heavy atom. The molecule has 1 N–H and O–H groups in total. The summed E-state index contributed by atoms with van der Waals surface area (Å²) in [6.07, 6.45) is 0.916. The van der Waals surface area contributed by atoms with Gasteiger partial charge in [-0.1, -0.05) is 29.8 Å². The maximum atomic E-state index is 12.5. The Balaban J connectivity index is 2.13. The zero-order chi connectivity index (χ0) is 14.0. The molecule has 0 bridgehead atoms. The molecule has 1 aliphatic heterocycles. The van der Waals surface area contributed by atoms with Crippen LogP contribution < -0.4 is 5.32 Å². The molecule has 3 unspecified atom stereocenters. The van der Waals surface area contributed by atoms with E-state index in [0.717, 1.165) is 18.5 Å². The molecule has 0 saturated carbocycles. The number of rotatable bonds is 3. The highest BCUT2D eigenvalue weighted by atomic mass is 35.5. The minimum Gasteiger partial charge on any atom is -0.339 e. The van der Waals surface area contributed by atoms with E-state index in [1.165, 1.54) is 0 Å². The minimum atomic E-state index is -0.00556. The Labute approximate surface area is 119 Å². The summed E-state index contributed by atoms with van der Waals surface area (Å²) in [6, 6.07) is 7.96. The molecule has 0 aliphatic carbocycles. The summed E-state index contributed by atoms with van der Waals surface area (Å²) in [5, 5.41) is 4.04. The standard InChI is InChI=1S/C15H21ClN2O/c1-10-12(8-9-17-10)15(19)18(3)11(2)13-6-4-5-7-14(13)16/h4-7,10-12,17H,8-9H2,1-3H3. The molecule has 19 heavy (non-hydrogen) atoms. The van der Waals surface area contributed by atoms with Gasteiger partial charge in [0.05, 0.1) is 12.0 Å². The lowest BCUT2D eigenvalue weighted by molar-refractivity contribution is -0.136. The summed E-state index contributed by atoms with van der Waals surface area (Å²) in [4.78, 5) is 14.3. The summed E-state index contributed by atoms with van der Waals surface area (Å²) < 4.78 is 0. The third-order valence-corrected chi connectivity index (χ3v) is 4.47. The maximum Gasteiger partial charge on any atom is 0.227 e. The number of nitrogens with zero attached hydrogens (tertiary/aromatic N) is 1. The maximum absolute atomic E-state index is 12.5. The number of carbonyl (C=O) groups excluding carboxylic acids is 1. The van der Waals surface area contributed by atoms with E-state index >= 15 is 0 Å². The molecule has 3 nitrogen and oxygen atoms in total. The number of hydrogen-bond donors (Lipinski definition) is 1. The molecular formula is C15H21ClN2O. The monoisotopic (exact) mass is 280 g/mol. The van der Waals surface area contributed by atoms with Crippen molar-refractivity contribution in [3.05, 3.63) is 34.9 Å². The van der Waals surface area contributed by atoms with Gasteiger partial charge in [0, 0.05) is 18.1 Å². The van der Waals surface area contributed by atoms with E-state index in [1.807, 2.05) is 43.1 Å². The average Bonchev–Trinajstić information content (AvgIpc) is 2.83. The van der Waals surface area contributed by atoms with Crippen LogP contribution in [0, 0.1) is 5.92 Å². The van der Waals surface area contributed by atoms with Crippen molar-refractivity contribution >= 4 is 17.5 Å². The molecule has 4 heteroatoms. The highest BCUT2D eigenvalue weighted by Crippen LogP contribution is 2.28. The Kier molecular flexibility index (Phi) is 4.48. The SMILES string of the molecule is CC1NCCC1C(=O)N(C)C(C)c1ccccc1Cl. The molecule has 3 atom stereocenters. The second kappa shape index (κ2) is 5.93. The van der Waals surface area contributed by atoms with Gasteiger partial charge >= 0.3 is 0 Å². The highest BCUT2D eigenvalue weighted by Gasteiger charge is 2.33. The van der Waals surface area contributed by atoms with Crippen LogP contribution >= 0.6 is 11.6 Å². The van der Waals surface area contributed by atoms with Crippen molar-refractivity contribution in [2.45, 2.75) is 32.4 Å². The van der Waals surface area contributed by atoms with Crippen LogP contribution in [0.25, 0.3) is 0 Å². The van der Waals surface area contributed by atoms with Gasteiger partial charge in [-0.15, -0.1) is 0 Å². The summed E-state index contributed by atoms with van der Waals surface area (Å²) >= 11 is 6.21. The van der Waals surface area contributed by atoms with Gasteiger partial charge in [-0.3, -0.25) is 4.79 Å². The van der Waals surface area contributed by atoms with Crippen molar-refractivity contribution in [2.24, 2.45) is 5.92 Å². The lowest BCUT2D eigenvalue weighted by atomic mass is 9.98. The first-order valence-corrected chi connectivity index (χ1v) is 7.14. The highest BCUT2D eigenvalue weighted by molar-refractivity contribution is 6.31. The molecular weight excluding hydrogens is 260 g/mol. The van der Waals surface area contributed by atoms with Crippen molar-refractivity contribution < 1.29 is 4.79 Å². The van der Waals surface area contributed by atoms with E-state index in [0.29, 0.717) is 5.02 Å². The van der Waals surface area contributed by atoms with Crippen LogP contribution in [0.15, 0.2) is 24.3 Å². The van der Waals surface area contributed by atoms with Crippen LogP contribution in [0.3, 0.4) is 0 Å². The number of hydrogen-bond acceptors (Lipinski definition) is 2. The molecule has 0 spiro atoms. The van der Waals surface area contributed by atoms with E-state index in [9.17, 15) is 4.79 Å². The summed E-state index contributed by atoms with van der Waals surface area (Å²) in [6.45, 7) is 5.02. The van der Waals surface area contributed by atoms with Gasteiger partial charge in [0.1, 0.15) is 0 Å². The first-order valence-electron chi connectivity index (χ1n) is 6.77. The van der Waals surface area contributed by atoms with Crippen molar-refractivity contribution in [1.82, 2.24) is 10.2 Å². The largest absolute Gasteiger partial charge is 0.339 e. The van der Waals surface area contributed by atoms with Crippen molar-refractivity contribution in [3.63, 3.8) is 0 Å². The van der Waals surface area contributed by atoms with Gasteiger partial charge in [0.2, 0.25) is 5.91 Å². The zero-order valence-corrected chi connectivity index (χ0v) is 12.4. The van der Waals surface area contributed by atoms with Crippen LogP contribution in [-0.2, 0) is 4.79 Å². The number of nitrogens with one attached hydrogen (secondary N) is 1. The van der Waals surface area contributed by atoms with E-state index < -0.39 is 0 Å². The predicted octanol–water partition coefficient (Wildman–Crippen LogP) is 2.86. The van der Waals surface area contributed by atoms with Gasteiger partial charge in [-0.05, 0) is 38.4 Å². The van der Waals surface area contributed by atoms with Crippen LogP contribution in [0.4, 0.5) is 0 Å². The van der Waals surface area contributed by atoms with Gasteiger partial charge in [0.25, 0.3) is 0 Å². The molecule has 1 heterocycles. The normalized spacial score (nSPS) is 24.2. The van der Waals surface area contributed by atoms with Gasteiger partial charge in [-0.2, -0.15) is 0 Å². The van der Waals surface area contributed by atoms with Gasteiger partial charge in [0.15, 0.2) is 0 Å². The van der Waals surface area contributed by atoms with E-state index in [-0.39, 0.29) is 23.9 Å². The van der Waals surface area contributed by atoms with Gasteiger partial charge in [-0.25, -0.2) is 0 Å². The Hall–Kier alpha value is -1.06. The van der Waals surface area contributed by atoms with Crippen LogP contribution in [0.1, 0.15) is 31.9 Å². The third kappa shape index (κ3) is 2.93. The van der Waals surface area contributed by atoms with Crippen LogP contribution in [0.5, 0.6) is 0 Å². The molecule has 104 valence electrons. The molecule has 1 aromatic rings. The molecule has 1 fully saturated rings. The van der Waals surface area contributed by atoms with E-state index in [2.05, 4.69) is 12.2 Å². The second-order valence-corrected chi connectivity index (χ2v) is 5.69. The van der Waals surface area contributed by atoms with Crippen LogP contribution in [0.2, 0.25) is 5.02 Å². The Morgan fingerprint density at radius 1 is 1.47 bits per heavy atom. The van der Waals surface area contributed by atoms with Gasteiger partial charge < -0.3 is 10.2 Å². The first-order chi connectivity index (χ1) is 9.02. The second-order valence-electron chi connectivity index (χ2n) is 5.28. The predicted molar refractivity (Wildman–Crippen MR) is 78.2 cm³/mol. The number of amides is 1. The Bertz CT molecular complexity index is 463. The van der Waals surface area contributed by atoms with Crippen molar-refractivity contribution in [2.75, 3.05) is 13.6 Å². The lowest BCUT2D eigenvalue weighted by Crippen LogP contribution is -2.39. The molecule has 1 amide bonds. The number of halogens is 1. The lowest BCUT2D eigenvalue weighted by Gasteiger charge is -2.29. The summed E-state index contributed by atoms with van der Waals surface area (Å²) in [5.74, 6) is 0.278. The molecule has 2 rings (SSSR count). The zero-order valence-electron chi connectivity index (χ0n) is 11.7. The summed E-state index contributed by atoms with van der Waals surface area (Å²) in [5.41, 5.74) is 0.999. The van der Waals surface area contributed by atoms with Crippen molar-refractivity contribution in [1.29, 1.82) is 0 Å². The third-order valence-electron chi connectivity index (χ3n) is 4.13. The van der Waals surface area contributed by atoms with E-state index in [1.54, 1.807) is 0 Å². The average molecular weight is 281 g/mol. The smallest absolute Gasteiger partial charge is 0.227 e. The molecule has 1 saturated heterocycles. The fourth-order valence-corrected chi connectivity index (χ4v) is 2.96. The van der Waals surface area contributed by atoms with Crippen molar-refractivity contribution in [3.8, 4) is 0 Å².